The number of hydrogen-bond acceptors (Lipinski definition) is 4. The fraction of sp³-hybridized carbons (Fsp3) is 0.357. The van der Waals surface area contributed by atoms with Gasteiger partial charge in [-0.3, -0.25) is 0 Å². The maximum Gasteiger partial charge on any atom is 0.416 e. The summed E-state index contributed by atoms with van der Waals surface area (Å²) in [5, 5.41) is 10.4. The highest BCUT2D eigenvalue weighted by molar-refractivity contribution is 6.02. The van der Waals surface area contributed by atoms with E-state index in [1.54, 1.807) is 6.20 Å². The van der Waals surface area contributed by atoms with Gasteiger partial charge in [-0.05, 0) is 86.5 Å². The third-order valence-corrected chi connectivity index (χ3v) is 6.97. The molecule has 176 valence electrons. The fourth-order valence-electron chi connectivity index (χ4n) is 5.29. The van der Waals surface area contributed by atoms with Crippen molar-refractivity contribution in [2.75, 3.05) is 25.0 Å². The van der Waals surface area contributed by atoms with E-state index in [9.17, 15) is 9.90 Å². The van der Waals surface area contributed by atoms with Crippen LogP contribution < -0.4 is 9.64 Å². The van der Waals surface area contributed by atoms with Gasteiger partial charge in [0, 0.05) is 30.9 Å². The first kappa shape index (κ1) is 22.4. The Morgan fingerprint density at radius 3 is 2.62 bits per heavy atom. The van der Waals surface area contributed by atoms with E-state index >= 15 is 0 Å². The molecule has 6 nitrogen and oxygen atoms in total. The summed E-state index contributed by atoms with van der Waals surface area (Å²) in [4.78, 5) is 20.9. The number of aryl methyl sites for hydroxylation is 2. The summed E-state index contributed by atoms with van der Waals surface area (Å²) in [6.07, 6.45) is 5.78. The number of likely N-dealkylation sites (tertiary alicyclic amines) is 1. The van der Waals surface area contributed by atoms with Crippen LogP contribution in [-0.2, 0) is 12.8 Å². The normalized spacial score (nSPS) is 16.3. The predicted molar refractivity (Wildman–Crippen MR) is 134 cm³/mol. The Bertz CT molecular complexity index is 1190. The van der Waals surface area contributed by atoms with Crippen molar-refractivity contribution in [1.29, 1.82) is 0 Å². The van der Waals surface area contributed by atoms with Gasteiger partial charge in [-0.2, -0.15) is 0 Å². The number of carboxylic acid groups (broad SMARTS) is 1. The molecule has 6 heteroatoms. The molecular weight excluding hydrogens is 426 g/mol. The van der Waals surface area contributed by atoms with Crippen LogP contribution in [0.5, 0.6) is 5.88 Å². The van der Waals surface area contributed by atoms with Crippen molar-refractivity contribution >= 4 is 17.5 Å². The molecule has 0 saturated carbocycles. The Balaban J connectivity index is 1.61. The van der Waals surface area contributed by atoms with Crippen LogP contribution in [0.1, 0.15) is 36.0 Å². The summed E-state index contributed by atoms with van der Waals surface area (Å²) in [5.41, 5.74) is 6.71. The number of benzene rings is 2. The number of aromatic nitrogens is 1. The molecule has 1 amide bonds. The second kappa shape index (κ2) is 9.47. The average molecular weight is 458 g/mol. The van der Waals surface area contributed by atoms with Crippen LogP contribution in [0.25, 0.3) is 11.1 Å². The summed E-state index contributed by atoms with van der Waals surface area (Å²) in [6, 6.07) is 15.5. The van der Waals surface area contributed by atoms with Crippen LogP contribution in [0.3, 0.4) is 0 Å². The molecule has 0 bridgehead atoms. The molecule has 0 spiro atoms. The number of piperidine rings is 1. The minimum Gasteiger partial charge on any atom is -0.474 e. The molecule has 1 aliphatic carbocycles. The summed E-state index contributed by atoms with van der Waals surface area (Å²) >= 11 is 0. The lowest BCUT2D eigenvalue weighted by Crippen LogP contribution is -2.35. The van der Waals surface area contributed by atoms with Gasteiger partial charge in [-0.15, -0.1) is 0 Å². The fourth-order valence-corrected chi connectivity index (χ4v) is 5.29. The number of carbonyl (C=O) groups is 1. The molecular formula is C28H31N3O3. The number of para-hydroxylation sites is 1. The maximum atomic E-state index is 12.6. The SMILES string of the molecule is Cc1cc2c(c(N(C(=O)O)c3ccccc3)c1-c1ccnc(OC3CCN(C)CC3)c1)CCC2. The van der Waals surface area contributed by atoms with Crippen molar-refractivity contribution in [2.45, 2.75) is 45.1 Å². The molecule has 34 heavy (non-hydrogen) atoms. The molecule has 2 heterocycles. The second-order valence-corrected chi connectivity index (χ2v) is 9.37. The van der Waals surface area contributed by atoms with Crippen molar-refractivity contribution in [1.82, 2.24) is 9.88 Å². The molecule has 1 fully saturated rings. The van der Waals surface area contributed by atoms with Gasteiger partial charge in [0.15, 0.2) is 0 Å². The topological polar surface area (TPSA) is 65.9 Å². The quantitative estimate of drug-likeness (QED) is 0.522. The summed E-state index contributed by atoms with van der Waals surface area (Å²) in [5.74, 6) is 0.597. The van der Waals surface area contributed by atoms with E-state index in [-0.39, 0.29) is 6.10 Å². The van der Waals surface area contributed by atoms with Gasteiger partial charge in [0.2, 0.25) is 5.88 Å². The zero-order valence-corrected chi connectivity index (χ0v) is 19.8. The van der Waals surface area contributed by atoms with Gasteiger partial charge in [0.1, 0.15) is 6.10 Å². The molecule has 1 N–H and O–H groups in total. The minimum atomic E-state index is -0.982. The largest absolute Gasteiger partial charge is 0.474 e. The average Bonchev–Trinajstić information content (AvgIpc) is 3.29. The smallest absolute Gasteiger partial charge is 0.416 e. The number of rotatable bonds is 5. The van der Waals surface area contributed by atoms with E-state index in [0.29, 0.717) is 11.6 Å². The highest BCUT2D eigenvalue weighted by atomic mass is 16.5. The third kappa shape index (κ3) is 4.38. The van der Waals surface area contributed by atoms with Crippen LogP contribution in [-0.4, -0.2) is 47.3 Å². The van der Waals surface area contributed by atoms with Gasteiger partial charge in [0.05, 0.1) is 11.4 Å². The van der Waals surface area contributed by atoms with Crippen LogP contribution in [0.2, 0.25) is 0 Å². The van der Waals surface area contributed by atoms with Crippen LogP contribution in [0.15, 0.2) is 54.7 Å². The number of nitrogens with zero attached hydrogens (tertiary/aromatic N) is 3. The Kier molecular flexibility index (Phi) is 6.24. The van der Waals surface area contributed by atoms with Gasteiger partial charge in [0.25, 0.3) is 0 Å². The first-order valence-electron chi connectivity index (χ1n) is 12.1. The van der Waals surface area contributed by atoms with E-state index < -0.39 is 6.09 Å². The molecule has 2 aromatic carbocycles. The highest BCUT2D eigenvalue weighted by Crippen LogP contribution is 2.45. The first-order valence-corrected chi connectivity index (χ1v) is 12.1. The lowest BCUT2D eigenvalue weighted by atomic mass is 9.92. The van der Waals surface area contributed by atoms with Gasteiger partial charge in [-0.25, -0.2) is 14.7 Å². The minimum absolute atomic E-state index is 0.152. The van der Waals surface area contributed by atoms with Crippen LogP contribution in [0, 0.1) is 6.92 Å². The van der Waals surface area contributed by atoms with Crippen molar-refractivity contribution < 1.29 is 14.6 Å². The predicted octanol–water partition coefficient (Wildman–Crippen LogP) is 5.83. The maximum absolute atomic E-state index is 12.6. The molecule has 0 atom stereocenters. The lowest BCUT2D eigenvalue weighted by Gasteiger charge is -2.29. The van der Waals surface area contributed by atoms with E-state index in [4.69, 9.17) is 4.74 Å². The van der Waals surface area contributed by atoms with E-state index in [1.807, 2.05) is 42.5 Å². The highest BCUT2D eigenvalue weighted by Gasteiger charge is 2.29. The van der Waals surface area contributed by atoms with Crippen LogP contribution in [0.4, 0.5) is 16.2 Å². The molecule has 3 aromatic rings. The summed E-state index contributed by atoms with van der Waals surface area (Å²) in [6.45, 7) is 4.10. The molecule has 2 aliphatic rings. The molecule has 0 radical (unpaired) electrons. The van der Waals surface area contributed by atoms with Crippen molar-refractivity contribution in [3.8, 4) is 17.0 Å². The summed E-state index contributed by atoms with van der Waals surface area (Å²) < 4.78 is 6.26. The number of pyridine rings is 1. The first-order chi connectivity index (χ1) is 16.5. The molecule has 0 unspecified atom stereocenters. The zero-order valence-electron chi connectivity index (χ0n) is 19.8. The molecule has 1 aromatic heterocycles. The van der Waals surface area contributed by atoms with E-state index in [0.717, 1.165) is 73.1 Å². The molecule has 1 aliphatic heterocycles. The van der Waals surface area contributed by atoms with Crippen LogP contribution >= 0.6 is 0 Å². The van der Waals surface area contributed by atoms with Crippen molar-refractivity contribution in [3.63, 3.8) is 0 Å². The van der Waals surface area contributed by atoms with Gasteiger partial charge < -0.3 is 14.7 Å². The monoisotopic (exact) mass is 457 g/mol. The Labute approximate surface area is 200 Å². The number of amides is 1. The Morgan fingerprint density at radius 2 is 1.88 bits per heavy atom. The number of anilines is 2. The lowest BCUT2D eigenvalue weighted by molar-refractivity contribution is 0.110. The number of ether oxygens (including phenoxy) is 1. The summed E-state index contributed by atoms with van der Waals surface area (Å²) in [7, 11) is 2.13. The number of hydrogen-bond donors (Lipinski definition) is 1. The van der Waals surface area contributed by atoms with Gasteiger partial charge >= 0.3 is 6.09 Å². The Hall–Kier alpha value is -3.38. The third-order valence-electron chi connectivity index (χ3n) is 6.97. The number of fused-ring (bicyclic) bond motifs is 1. The molecule has 5 rings (SSSR count). The van der Waals surface area contributed by atoms with Crippen molar-refractivity contribution in [2.24, 2.45) is 0 Å². The van der Waals surface area contributed by atoms with E-state index in [2.05, 4.69) is 29.9 Å². The Morgan fingerprint density at radius 1 is 1.12 bits per heavy atom. The van der Waals surface area contributed by atoms with E-state index in [1.165, 1.54) is 10.5 Å². The zero-order chi connectivity index (χ0) is 23.7. The molecule has 1 saturated heterocycles. The van der Waals surface area contributed by atoms with Gasteiger partial charge in [-0.1, -0.05) is 24.3 Å². The second-order valence-electron chi connectivity index (χ2n) is 9.37. The van der Waals surface area contributed by atoms with Crippen molar-refractivity contribution in [3.05, 3.63) is 71.4 Å². The standard InChI is InChI=1S/C28H31N3O3/c1-19-17-20-7-6-10-24(20)27(31(28(32)33)22-8-4-3-5-9-22)26(19)21-11-14-29-25(18-21)34-23-12-15-30(2)16-13-23/h3-5,8-9,11,14,17-18,23H,6-7,10,12-13,15-16H2,1-2H3,(H,32,33).